The van der Waals surface area contributed by atoms with Crippen molar-refractivity contribution in [1.82, 2.24) is 14.8 Å². The standard InChI is InChI=1S/C12H11Cl2N3O2S/c13-9-2-1-8(10(14)5-9)3-4-17-7-15-16-12(17)20-6-11(18)19/h1-2,5,7H,3-4,6H2,(H,18,19). The van der Waals surface area contributed by atoms with Gasteiger partial charge in [-0.15, -0.1) is 10.2 Å². The minimum absolute atomic E-state index is 0.0413. The van der Waals surface area contributed by atoms with Gasteiger partial charge in [-0.25, -0.2) is 0 Å². The molecule has 0 atom stereocenters. The fourth-order valence-corrected chi connectivity index (χ4v) is 2.77. The van der Waals surface area contributed by atoms with Gasteiger partial charge >= 0.3 is 5.97 Å². The number of aryl methyl sites for hydroxylation is 2. The lowest BCUT2D eigenvalue weighted by atomic mass is 10.1. The molecule has 2 aromatic rings. The monoisotopic (exact) mass is 331 g/mol. The first-order valence-electron chi connectivity index (χ1n) is 5.72. The van der Waals surface area contributed by atoms with Crippen LogP contribution in [0.4, 0.5) is 0 Å². The number of rotatable bonds is 6. The van der Waals surface area contributed by atoms with E-state index in [1.165, 1.54) is 0 Å². The zero-order valence-corrected chi connectivity index (χ0v) is 12.6. The molecule has 0 saturated carbocycles. The molecule has 0 amide bonds. The highest BCUT2D eigenvalue weighted by molar-refractivity contribution is 7.99. The second-order valence-electron chi connectivity index (χ2n) is 3.98. The zero-order valence-electron chi connectivity index (χ0n) is 10.3. The maximum atomic E-state index is 10.6. The van der Waals surface area contributed by atoms with Crippen LogP contribution < -0.4 is 0 Å². The van der Waals surface area contributed by atoms with E-state index in [0.29, 0.717) is 28.2 Å². The molecule has 106 valence electrons. The molecule has 0 saturated heterocycles. The Hall–Kier alpha value is -1.24. The number of aromatic nitrogens is 3. The summed E-state index contributed by atoms with van der Waals surface area (Å²) in [6, 6.07) is 5.36. The molecule has 0 aliphatic heterocycles. The number of benzene rings is 1. The van der Waals surface area contributed by atoms with Crippen molar-refractivity contribution in [2.24, 2.45) is 0 Å². The molecular formula is C12H11Cl2N3O2S. The molecule has 2 rings (SSSR count). The molecule has 0 aliphatic carbocycles. The maximum absolute atomic E-state index is 10.6. The van der Waals surface area contributed by atoms with Crippen LogP contribution in [-0.2, 0) is 17.8 Å². The van der Waals surface area contributed by atoms with Crippen LogP contribution in [0.1, 0.15) is 5.56 Å². The number of hydrogen-bond acceptors (Lipinski definition) is 4. The molecule has 1 heterocycles. The molecule has 1 aromatic carbocycles. The minimum atomic E-state index is -0.884. The third-order valence-electron chi connectivity index (χ3n) is 2.54. The number of aliphatic carboxylic acids is 1. The van der Waals surface area contributed by atoms with Gasteiger partial charge < -0.3 is 9.67 Å². The number of hydrogen-bond donors (Lipinski definition) is 1. The average molecular weight is 332 g/mol. The third kappa shape index (κ3) is 4.13. The van der Waals surface area contributed by atoms with Crippen LogP contribution in [0.3, 0.4) is 0 Å². The molecular weight excluding hydrogens is 321 g/mol. The van der Waals surface area contributed by atoms with E-state index in [9.17, 15) is 4.79 Å². The highest BCUT2D eigenvalue weighted by Crippen LogP contribution is 2.22. The van der Waals surface area contributed by atoms with Gasteiger partial charge in [-0.3, -0.25) is 4.79 Å². The van der Waals surface area contributed by atoms with Gasteiger partial charge in [-0.05, 0) is 24.1 Å². The minimum Gasteiger partial charge on any atom is -0.481 e. The molecule has 0 spiro atoms. The summed E-state index contributed by atoms with van der Waals surface area (Å²) in [5, 5.41) is 18.1. The fraction of sp³-hybridized carbons (Fsp3) is 0.250. The Morgan fingerprint density at radius 2 is 2.20 bits per heavy atom. The van der Waals surface area contributed by atoms with E-state index in [2.05, 4.69) is 10.2 Å². The van der Waals surface area contributed by atoms with Gasteiger partial charge in [0.05, 0.1) is 5.75 Å². The molecule has 1 N–H and O–H groups in total. The summed E-state index contributed by atoms with van der Waals surface area (Å²) in [6.07, 6.45) is 2.27. The molecule has 5 nitrogen and oxygen atoms in total. The first kappa shape index (κ1) is 15.2. The van der Waals surface area contributed by atoms with Crippen LogP contribution in [-0.4, -0.2) is 31.6 Å². The SMILES string of the molecule is O=C(O)CSc1nncn1CCc1ccc(Cl)cc1Cl. The Morgan fingerprint density at radius 3 is 2.90 bits per heavy atom. The molecule has 0 aliphatic rings. The number of carboxylic acid groups (broad SMARTS) is 1. The van der Waals surface area contributed by atoms with Crippen molar-refractivity contribution in [3.8, 4) is 0 Å². The summed E-state index contributed by atoms with van der Waals surface area (Å²) in [5.41, 5.74) is 0.971. The van der Waals surface area contributed by atoms with Crippen molar-refractivity contribution in [2.45, 2.75) is 18.1 Å². The average Bonchev–Trinajstić information content (AvgIpc) is 2.83. The molecule has 20 heavy (non-hydrogen) atoms. The fourth-order valence-electron chi connectivity index (χ4n) is 1.60. The quantitative estimate of drug-likeness (QED) is 0.824. The van der Waals surface area contributed by atoms with Crippen molar-refractivity contribution in [1.29, 1.82) is 0 Å². The van der Waals surface area contributed by atoms with Crippen LogP contribution in [0.15, 0.2) is 29.7 Å². The Labute approximate surface area is 129 Å². The summed E-state index contributed by atoms with van der Waals surface area (Å²) in [5.74, 6) is -0.925. The van der Waals surface area contributed by atoms with Gasteiger partial charge in [0.15, 0.2) is 5.16 Å². The van der Waals surface area contributed by atoms with Gasteiger partial charge in [-0.2, -0.15) is 0 Å². The topological polar surface area (TPSA) is 68.0 Å². The van der Waals surface area contributed by atoms with Crippen molar-refractivity contribution < 1.29 is 9.90 Å². The predicted octanol–water partition coefficient (Wildman–Crippen LogP) is 3.00. The molecule has 0 unspecified atom stereocenters. The number of carbonyl (C=O) groups is 1. The summed E-state index contributed by atoms with van der Waals surface area (Å²) < 4.78 is 1.80. The third-order valence-corrected chi connectivity index (χ3v) is 4.09. The van der Waals surface area contributed by atoms with Crippen LogP contribution in [0.2, 0.25) is 10.0 Å². The summed E-state index contributed by atoms with van der Waals surface area (Å²) in [4.78, 5) is 10.6. The smallest absolute Gasteiger partial charge is 0.313 e. The van der Waals surface area contributed by atoms with Crippen LogP contribution in [0.25, 0.3) is 0 Å². The summed E-state index contributed by atoms with van der Waals surface area (Å²) >= 11 is 13.1. The normalized spacial score (nSPS) is 10.7. The molecule has 0 bridgehead atoms. The predicted molar refractivity (Wildman–Crippen MR) is 78.5 cm³/mol. The second-order valence-corrected chi connectivity index (χ2v) is 5.76. The lowest BCUT2D eigenvalue weighted by Gasteiger charge is -2.07. The van der Waals surface area contributed by atoms with Crippen molar-refractivity contribution >= 4 is 40.9 Å². The van der Waals surface area contributed by atoms with Gasteiger partial charge in [0.25, 0.3) is 0 Å². The molecule has 1 aromatic heterocycles. The first-order valence-corrected chi connectivity index (χ1v) is 7.47. The molecule has 0 radical (unpaired) electrons. The van der Waals surface area contributed by atoms with Gasteiger partial charge in [0, 0.05) is 16.6 Å². The molecule has 0 fully saturated rings. The summed E-state index contributed by atoms with van der Waals surface area (Å²) in [6.45, 7) is 0.621. The molecule has 8 heteroatoms. The van der Waals surface area contributed by atoms with Crippen molar-refractivity contribution in [2.75, 3.05) is 5.75 Å². The largest absolute Gasteiger partial charge is 0.481 e. The van der Waals surface area contributed by atoms with Crippen LogP contribution in [0.5, 0.6) is 0 Å². The van der Waals surface area contributed by atoms with Crippen molar-refractivity contribution in [3.63, 3.8) is 0 Å². The maximum Gasteiger partial charge on any atom is 0.313 e. The van der Waals surface area contributed by atoms with Crippen LogP contribution >= 0.6 is 35.0 Å². The Morgan fingerprint density at radius 1 is 1.40 bits per heavy atom. The van der Waals surface area contributed by atoms with E-state index in [4.69, 9.17) is 28.3 Å². The Balaban J connectivity index is 2.00. The van der Waals surface area contributed by atoms with Gasteiger partial charge in [0.2, 0.25) is 0 Å². The van der Waals surface area contributed by atoms with E-state index >= 15 is 0 Å². The second kappa shape index (κ2) is 6.97. The lowest BCUT2D eigenvalue weighted by Crippen LogP contribution is -2.05. The number of thioether (sulfide) groups is 1. The summed E-state index contributed by atoms with van der Waals surface area (Å²) in [7, 11) is 0. The van der Waals surface area contributed by atoms with E-state index in [0.717, 1.165) is 17.3 Å². The number of carboxylic acids is 1. The zero-order chi connectivity index (χ0) is 14.5. The van der Waals surface area contributed by atoms with Crippen molar-refractivity contribution in [3.05, 3.63) is 40.1 Å². The number of nitrogens with zero attached hydrogens (tertiary/aromatic N) is 3. The first-order chi connectivity index (χ1) is 9.56. The number of halogens is 2. The highest BCUT2D eigenvalue weighted by atomic mass is 35.5. The van der Waals surface area contributed by atoms with E-state index in [1.807, 2.05) is 6.07 Å². The van der Waals surface area contributed by atoms with E-state index < -0.39 is 5.97 Å². The highest BCUT2D eigenvalue weighted by Gasteiger charge is 2.08. The Kier molecular flexibility index (Phi) is 5.28. The van der Waals surface area contributed by atoms with Gasteiger partial charge in [-0.1, -0.05) is 41.0 Å². The lowest BCUT2D eigenvalue weighted by molar-refractivity contribution is -0.133. The van der Waals surface area contributed by atoms with E-state index in [-0.39, 0.29) is 5.75 Å². The Bertz CT molecular complexity index is 618. The van der Waals surface area contributed by atoms with Crippen LogP contribution in [0, 0.1) is 0 Å². The van der Waals surface area contributed by atoms with Gasteiger partial charge in [0.1, 0.15) is 6.33 Å². The van der Waals surface area contributed by atoms with E-state index in [1.54, 1.807) is 23.0 Å².